The lowest BCUT2D eigenvalue weighted by Gasteiger charge is -2.14. The first-order valence-corrected chi connectivity index (χ1v) is 11.2. The molecule has 0 fully saturated rings. The summed E-state index contributed by atoms with van der Waals surface area (Å²) in [5.74, 6) is -0.670. The van der Waals surface area contributed by atoms with Gasteiger partial charge in [0.05, 0.1) is 15.6 Å². The number of hydrogen-bond acceptors (Lipinski definition) is 5. The maximum absolute atomic E-state index is 13.5. The van der Waals surface area contributed by atoms with Gasteiger partial charge in [0.15, 0.2) is 5.65 Å². The Morgan fingerprint density at radius 1 is 1.23 bits per heavy atom. The quantitative estimate of drug-likeness (QED) is 0.503. The van der Waals surface area contributed by atoms with E-state index in [0.29, 0.717) is 12.1 Å². The summed E-state index contributed by atoms with van der Waals surface area (Å²) in [4.78, 5) is 6.66. The maximum atomic E-state index is 13.5. The second-order valence-corrected chi connectivity index (χ2v) is 9.55. The molecule has 0 N–H and O–H groups in total. The zero-order valence-corrected chi connectivity index (χ0v) is 19.9. The fraction of sp³-hybridized carbons (Fsp3) is 0.400. The van der Waals surface area contributed by atoms with Crippen molar-refractivity contribution in [3.63, 3.8) is 0 Å². The third kappa shape index (κ3) is 4.32. The van der Waals surface area contributed by atoms with Gasteiger partial charge >= 0.3 is 0 Å². The Morgan fingerprint density at radius 2 is 1.90 bits per heavy atom. The minimum atomic E-state index is -3.98. The topological polar surface area (TPSA) is 67.6 Å². The molecule has 0 aliphatic rings. The Bertz CT molecular complexity index is 1190. The number of likely N-dealkylation sites (N-methyl/N-ethyl adjacent to an activating group) is 1. The summed E-state index contributed by atoms with van der Waals surface area (Å²) in [6.45, 7) is 6.48. The Morgan fingerprint density at radius 3 is 2.47 bits per heavy atom. The van der Waals surface area contributed by atoms with Crippen LogP contribution >= 0.6 is 24.0 Å². The van der Waals surface area contributed by atoms with Gasteiger partial charge < -0.3 is 4.90 Å². The number of nitrogens with zero attached hydrogens (tertiary/aromatic N) is 4. The molecule has 164 valence electrons. The first-order valence-electron chi connectivity index (χ1n) is 9.30. The molecule has 2 heterocycles. The molecule has 0 aliphatic carbocycles. The van der Waals surface area contributed by atoms with E-state index < -0.39 is 15.7 Å². The van der Waals surface area contributed by atoms with Crippen LogP contribution in [0.15, 0.2) is 28.0 Å². The lowest BCUT2D eigenvalue weighted by molar-refractivity contribution is 0.412. The van der Waals surface area contributed by atoms with Crippen molar-refractivity contribution in [3.8, 4) is 0 Å². The molecular weight excluding hydrogens is 450 g/mol. The molecule has 6 nitrogen and oxygen atoms in total. The van der Waals surface area contributed by atoms with Gasteiger partial charge in [0.2, 0.25) is 9.84 Å². The van der Waals surface area contributed by atoms with Crippen LogP contribution in [0.2, 0.25) is 5.02 Å². The van der Waals surface area contributed by atoms with Gasteiger partial charge in [-0.2, -0.15) is 5.10 Å². The van der Waals surface area contributed by atoms with E-state index in [0.717, 1.165) is 42.0 Å². The molecule has 0 atom stereocenters. The molecular formula is C20H25Cl2FN4O2S. The molecule has 0 amide bonds. The van der Waals surface area contributed by atoms with Gasteiger partial charge in [0, 0.05) is 17.9 Å². The van der Waals surface area contributed by atoms with Crippen LogP contribution in [0.25, 0.3) is 5.65 Å². The van der Waals surface area contributed by atoms with Gasteiger partial charge in [-0.25, -0.2) is 22.3 Å². The molecule has 3 rings (SSSR count). The van der Waals surface area contributed by atoms with E-state index >= 15 is 0 Å². The number of sulfone groups is 1. The number of hydrogen-bond donors (Lipinski definition) is 0. The average Bonchev–Trinajstić information content (AvgIpc) is 3.02. The lowest BCUT2D eigenvalue weighted by atomic mass is 10.1. The minimum absolute atomic E-state index is 0. The third-order valence-corrected chi connectivity index (χ3v) is 7.09. The Balaban J connectivity index is 0.00000320. The van der Waals surface area contributed by atoms with E-state index in [1.54, 1.807) is 4.52 Å². The zero-order valence-electron chi connectivity index (χ0n) is 17.5. The van der Waals surface area contributed by atoms with Crippen LogP contribution in [-0.2, 0) is 22.7 Å². The monoisotopic (exact) mass is 474 g/mol. The highest BCUT2D eigenvalue weighted by Crippen LogP contribution is 2.31. The zero-order chi connectivity index (χ0) is 21.5. The second-order valence-electron chi connectivity index (χ2n) is 7.26. The molecule has 0 saturated heterocycles. The molecule has 0 unspecified atom stereocenters. The normalized spacial score (nSPS) is 11.9. The summed E-state index contributed by atoms with van der Waals surface area (Å²) >= 11 is 5.82. The van der Waals surface area contributed by atoms with Crippen LogP contribution < -0.4 is 0 Å². The summed E-state index contributed by atoms with van der Waals surface area (Å²) in [5.41, 5.74) is 3.39. The largest absolute Gasteiger partial charge is 0.309 e. The fourth-order valence-corrected chi connectivity index (χ4v) is 5.22. The maximum Gasteiger partial charge on any atom is 0.212 e. The van der Waals surface area contributed by atoms with E-state index in [-0.39, 0.29) is 32.9 Å². The van der Waals surface area contributed by atoms with Crippen LogP contribution in [0.3, 0.4) is 0 Å². The Kier molecular flexibility index (Phi) is 7.50. The summed E-state index contributed by atoms with van der Waals surface area (Å²) in [6, 6.07) is 3.39. The van der Waals surface area contributed by atoms with Crippen molar-refractivity contribution < 1.29 is 12.8 Å². The van der Waals surface area contributed by atoms with E-state index in [4.69, 9.17) is 11.6 Å². The summed E-state index contributed by atoms with van der Waals surface area (Å²) < 4.78 is 41.9. The lowest BCUT2D eigenvalue weighted by Crippen LogP contribution is -2.17. The van der Waals surface area contributed by atoms with Crippen molar-refractivity contribution in [1.82, 2.24) is 19.5 Å². The molecule has 2 aromatic heterocycles. The number of benzene rings is 1. The average molecular weight is 475 g/mol. The van der Waals surface area contributed by atoms with E-state index in [9.17, 15) is 12.8 Å². The Labute approximate surface area is 187 Å². The van der Waals surface area contributed by atoms with Crippen molar-refractivity contribution in [2.24, 2.45) is 0 Å². The van der Waals surface area contributed by atoms with Crippen LogP contribution in [-0.4, -0.2) is 48.6 Å². The second kappa shape index (κ2) is 9.18. The van der Waals surface area contributed by atoms with Crippen LogP contribution in [0.4, 0.5) is 4.39 Å². The van der Waals surface area contributed by atoms with Crippen molar-refractivity contribution >= 4 is 39.5 Å². The Hall–Kier alpha value is -1.74. The molecule has 3 aromatic rings. The van der Waals surface area contributed by atoms with Crippen LogP contribution in [0.5, 0.6) is 0 Å². The van der Waals surface area contributed by atoms with Gasteiger partial charge in [-0.1, -0.05) is 18.5 Å². The smallest absolute Gasteiger partial charge is 0.212 e. The summed E-state index contributed by atoms with van der Waals surface area (Å²) in [7, 11) is 0.0150. The van der Waals surface area contributed by atoms with Crippen LogP contribution in [0, 0.1) is 19.7 Å². The fourth-order valence-electron chi connectivity index (χ4n) is 3.35. The molecule has 0 aliphatic heterocycles. The standard InChI is InChI=1S/C20H24ClFN4O2S.ClH/c1-6-18-19(29(27,28)14-7-8-17(22)16(21)11-14)20-23-12(2)15(9-10-25(4)5)13(3)26(20)24-18;/h7-8,11H,6,9-10H2,1-5H3;1H. The first kappa shape index (κ1) is 24.5. The number of rotatable bonds is 6. The highest BCUT2D eigenvalue weighted by atomic mass is 35.5. The third-order valence-electron chi connectivity index (χ3n) is 4.97. The number of aryl methyl sites for hydroxylation is 3. The van der Waals surface area contributed by atoms with Crippen molar-refractivity contribution in [1.29, 1.82) is 0 Å². The van der Waals surface area contributed by atoms with Crippen LogP contribution in [0.1, 0.15) is 29.6 Å². The summed E-state index contributed by atoms with van der Waals surface area (Å²) in [5, 5.41) is 4.30. The molecule has 10 heteroatoms. The highest BCUT2D eigenvalue weighted by Gasteiger charge is 2.29. The molecule has 30 heavy (non-hydrogen) atoms. The molecule has 0 bridgehead atoms. The van der Waals surface area contributed by atoms with E-state index in [1.807, 2.05) is 34.9 Å². The number of aromatic nitrogens is 3. The predicted octanol–water partition coefficient (Wildman–Crippen LogP) is 4.06. The number of fused-ring (bicyclic) bond motifs is 1. The minimum Gasteiger partial charge on any atom is -0.309 e. The van der Waals surface area contributed by atoms with Gasteiger partial charge in [0.25, 0.3) is 0 Å². The molecule has 0 radical (unpaired) electrons. The number of halogens is 3. The van der Waals surface area contributed by atoms with E-state index in [2.05, 4.69) is 15.0 Å². The SMILES string of the molecule is CCc1nn2c(C)c(CCN(C)C)c(C)nc2c1S(=O)(=O)c1ccc(F)c(Cl)c1.Cl. The van der Waals surface area contributed by atoms with Gasteiger partial charge in [-0.15, -0.1) is 12.4 Å². The van der Waals surface area contributed by atoms with Gasteiger partial charge in [-0.05, 0) is 64.5 Å². The molecule has 0 saturated carbocycles. The van der Waals surface area contributed by atoms with E-state index in [1.165, 1.54) is 6.07 Å². The summed E-state index contributed by atoms with van der Waals surface area (Å²) in [6.07, 6.45) is 1.20. The van der Waals surface area contributed by atoms with Crippen molar-refractivity contribution in [2.75, 3.05) is 20.6 Å². The van der Waals surface area contributed by atoms with Gasteiger partial charge in [0.1, 0.15) is 10.7 Å². The molecule has 0 spiro atoms. The highest BCUT2D eigenvalue weighted by molar-refractivity contribution is 7.91. The van der Waals surface area contributed by atoms with Crippen molar-refractivity contribution in [3.05, 3.63) is 51.7 Å². The predicted molar refractivity (Wildman–Crippen MR) is 118 cm³/mol. The molecule has 1 aromatic carbocycles. The first-order chi connectivity index (χ1) is 13.6. The van der Waals surface area contributed by atoms with Crippen molar-refractivity contribution in [2.45, 2.75) is 43.4 Å². The van der Waals surface area contributed by atoms with Gasteiger partial charge in [-0.3, -0.25) is 0 Å².